The number of carbonyl (C=O) groups is 2. The summed E-state index contributed by atoms with van der Waals surface area (Å²) in [6.45, 7) is 0.676. The first-order chi connectivity index (χ1) is 13.4. The molecule has 1 heterocycles. The molecule has 1 aliphatic carbocycles. The molecule has 2 aliphatic rings. The number of carbonyl (C=O) groups excluding carboxylic acids is 2. The molecule has 0 unspecified atom stereocenters. The van der Waals surface area contributed by atoms with Crippen molar-refractivity contribution in [2.45, 2.75) is 17.7 Å². The van der Waals surface area contributed by atoms with Gasteiger partial charge in [0.15, 0.2) is 6.61 Å². The lowest BCUT2D eigenvalue weighted by molar-refractivity contribution is -0.143. The van der Waals surface area contributed by atoms with Gasteiger partial charge in [0.05, 0.1) is 20.3 Å². The van der Waals surface area contributed by atoms with Gasteiger partial charge in [0, 0.05) is 24.4 Å². The lowest BCUT2D eigenvalue weighted by Crippen LogP contribution is -2.40. The van der Waals surface area contributed by atoms with Crippen molar-refractivity contribution in [3.05, 3.63) is 29.8 Å². The molecule has 1 saturated heterocycles. The first kappa shape index (κ1) is 20.3. The number of methoxy groups -OCH3 is 1. The predicted molar refractivity (Wildman–Crippen MR) is 99.5 cm³/mol. The first-order valence-corrected chi connectivity index (χ1v) is 10.3. The maximum atomic E-state index is 12.9. The Kier molecular flexibility index (Phi) is 6.32. The van der Waals surface area contributed by atoms with Crippen LogP contribution in [-0.2, 0) is 29.1 Å². The van der Waals surface area contributed by atoms with E-state index in [1.807, 2.05) is 0 Å². The molecule has 0 radical (unpaired) electrons. The number of sulfonamides is 1. The van der Waals surface area contributed by atoms with Crippen LogP contribution in [0.5, 0.6) is 5.75 Å². The van der Waals surface area contributed by atoms with Crippen molar-refractivity contribution in [3.63, 3.8) is 0 Å². The Balaban J connectivity index is 1.71. The molecule has 1 aliphatic heterocycles. The number of esters is 1. The lowest BCUT2D eigenvalue weighted by Gasteiger charge is -2.26. The monoisotopic (exact) mass is 410 g/mol. The fraction of sp³-hybridized carbons (Fsp3) is 0.444. The van der Waals surface area contributed by atoms with Crippen molar-refractivity contribution < 1.29 is 32.2 Å². The van der Waals surface area contributed by atoms with Gasteiger partial charge in [0.25, 0.3) is 5.91 Å². The van der Waals surface area contributed by atoms with Crippen molar-refractivity contribution in [3.8, 4) is 5.75 Å². The fourth-order valence-corrected chi connectivity index (χ4v) is 4.37. The number of nitrogens with one attached hydrogen (secondary N) is 1. The summed E-state index contributed by atoms with van der Waals surface area (Å²) < 4.78 is 42.5. The summed E-state index contributed by atoms with van der Waals surface area (Å²) in [6.07, 6.45) is 3.25. The van der Waals surface area contributed by atoms with Crippen LogP contribution in [0.4, 0.5) is 5.69 Å². The van der Waals surface area contributed by atoms with Crippen LogP contribution in [0.1, 0.15) is 12.8 Å². The number of allylic oxidation sites excluding steroid dienone is 1. The van der Waals surface area contributed by atoms with E-state index in [-0.39, 0.29) is 29.4 Å². The van der Waals surface area contributed by atoms with Gasteiger partial charge < -0.3 is 19.5 Å². The van der Waals surface area contributed by atoms with E-state index >= 15 is 0 Å². The summed E-state index contributed by atoms with van der Waals surface area (Å²) in [5.41, 5.74) is 0.827. The molecule has 1 amide bonds. The zero-order valence-corrected chi connectivity index (χ0v) is 16.3. The van der Waals surface area contributed by atoms with E-state index in [1.54, 1.807) is 6.08 Å². The number of ether oxygens (including phenoxy) is 3. The minimum atomic E-state index is -3.81. The van der Waals surface area contributed by atoms with Gasteiger partial charge in [-0.25, -0.2) is 13.2 Å². The van der Waals surface area contributed by atoms with E-state index in [0.29, 0.717) is 25.2 Å². The standard InChI is InChI=1S/C18H22N2O7S/c1-25-15-6-5-14(19-17(21)12-27-18(22)13-3-2-4-13)11-16(15)28(23,24)20-7-9-26-10-8-20/h3,5-6,11H,2,4,7-10,12H2,1H3,(H,19,21). The second-order valence-corrected chi connectivity index (χ2v) is 8.18. The number of morpholine rings is 1. The number of nitrogens with zero attached hydrogens (tertiary/aromatic N) is 1. The van der Waals surface area contributed by atoms with Crippen LogP contribution in [-0.4, -0.2) is 64.6 Å². The normalized spacial score (nSPS) is 17.2. The van der Waals surface area contributed by atoms with Gasteiger partial charge in [-0.2, -0.15) is 4.31 Å². The summed E-state index contributed by atoms with van der Waals surface area (Å²) in [6, 6.07) is 4.32. The van der Waals surface area contributed by atoms with Gasteiger partial charge in [-0.1, -0.05) is 6.08 Å². The van der Waals surface area contributed by atoms with Crippen LogP contribution in [0.2, 0.25) is 0 Å². The Morgan fingerprint density at radius 1 is 1.25 bits per heavy atom. The molecule has 0 spiro atoms. The molecule has 1 fully saturated rings. The van der Waals surface area contributed by atoms with Gasteiger partial charge in [0.1, 0.15) is 10.6 Å². The van der Waals surface area contributed by atoms with Gasteiger partial charge >= 0.3 is 5.97 Å². The van der Waals surface area contributed by atoms with Gasteiger partial charge in [-0.15, -0.1) is 0 Å². The highest BCUT2D eigenvalue weighted by atomic mass is 32.2. The Labute approximate surface area is 163 Å². The van der Waals surface area contributed by atoms with Crippen molar-refractivity contribution in [2.24, 2.45) is 0 Å². The average Bonchev–Trinajstić information content (AvgIpc) is 2.65. The van der Waals surface area contributed by atoms with E-state index in [4.69, 9.17) is 14.2 Å². The second kappa shape index (κ2) is 8.72. The largest absolute Gasteiger partial charge is 0.495 e. The zero-order valence-electron chi connectivity index (χ0n) is 15.5. The van der Waals surface area contributed by atoms with Gasteiger partial charge in [-0.3, -0.25) is 4.79 Å². The molecule has 28 heavy (non-hydrogen) atoms. The minimum Gasteiger partial charge on any atom is -0.495 e. The maximum absolute atomic E-state index is 12.9. The second-order valence-electron chi connectivity index (χ2n) is 6.27. The third-order valence-corrected chi connectivity index (χ3v) is 6.36. The summed E-state index contributed by atoms with van der Waals surface area (Å²) in [5.74, 6) is -0.896. The topological polar surface area (TPSA) is 111 Å². The molecular formula is C18H22N2O7S. The molecule has 0 atom stereocenters. The van der Waals surface area contributed by atoms with Gasteiger partial charge in [-0.05, 0) is 31.0 Å². The zero-order chi connectivity index (χ0) is 20.1. The predicted octanol–water partition coefficient (Wildman–Crippen LogP) is 0.918. The fourth-order valence-electron chi connectivity index (χ4n) is 2.78. The molecule has 3 rings (SSSR count). The molecule has 0 aromatic heterocycles. The van der Waals surface area contributed by atoms with E-state index < -0.39 is 28.5 Å². The summed E-state index contributed by atoms with van der Waals surface area (Å²) in [7, 11) is -2.44. The number of hydrogen-bond acceptors (Lipinski definition) is 7. The Morgan fingerprint density at radius 3 is 2.57 bits per heavy atom. The highest BCUT2D eigenvalue weighted by Crippen LogP contribution is 2.30. The number of benzene rings is 1. The third kappa shape index (κ3) is 4.51. The molecule has 0 bridgehead atoms. The number of hydrogen-bond donors (Lipinski definition) is 1. The average molecular weight is 410 g/mol. The van der Waals surface area contributed by atoms with E-state index in [0.717, 1.165) is 6.42 Å². The van der Waals surface area contributed by atoms with Crippen LogP contribution in [0, 0.1) is 0 Å². The Bertz CT molecular complexity index is 889. The molecule has 9 nitrogen and oxygen atoms in total. The number of anilines is 1. The van der Waals surface area contributed by atoms with Gasteiger partial charge in [0.2, 0.25) is 10.0 Å². The molecule has 0 saturated carbocycles. The van der Waals surface area contributed by atoms with Crippen molar-refractivity contribution >= 4 is 27.6 Å². The molecular weight excluding hydrogens is 388 g/mol. The van der Waals surface area contributed by atoms with Crippen LogP contribution >= 0.6 is 0 Å². The smallest absolute Gasteiger partial charge is 0.334 e. The van der Waals surface area contributed by atoms with E-state index in [2.05, 4.69) is 5.32 Å². The van der Waals surface area contributed by atoms with Crippen LogP contribution in [0.3, 0.4) is 0 Å². The summed E-state index contributed by atoms with van der Waals surface area (Å²) in [5, 5.41) is 2.54. The summed E-state index contributed by atoms with van der Waals surface area (Å²) in [4.78, 5) is 23.6. The summed E-state index contributed by atoms with van der Waals surface area (Å²) >= 11 is 0. The number of amides is 1. The SMILES string of the molecule is COc1ccc(NC(=O)COC(=O)C2=CCC2)cc1S(=O)(=O)N1CCOCC1. The molecule has 1 aromatic rings. The minimum absolute atomic E-state index is 0.0497. The highest BCUT2D eigenvalue weighted by Gasteiger charge is 2.29. The van der Waals surface area contributed by atoms with Crippen molar-refractivity contribution in [1.29, 1.82) is 0 Å². The van der Waals surface area contributed by atoms with Crippen molar-refractivity contribution in [1.82, 2.24) is 4.31 Å². The van der Waals surface area contributed by atoms with Crippen molar-refractivity contribution in [2.75, 3.05) is 45.3 Å². The van der Waals surface area contributed by atoms with E-state index in [1.165, 1.54) is 29.6 Å². The van der Waals surface area contributed by atoms with E-state index in [9.17, 15) is 18.0 Å². The van der Waals surface area contributed by atoms with Crippen LogP contribution in [0.15, 0.2) is 34.7 Å². The third-order valence-electron chi connectivity index (χ3n) is 4.44. The van der Waals surface area contributed by atoms with Crippen LogP contribution in [0.25, 0.3) is 0 Å². The highest BCUT2D eigenvalue weighted by molar-refractivity contribution is 7.89. The molecule has 1 aromatic carbocycles. The molecule has 10 heteroatoms. The van der Waals surface area contributed by atoms with Crippen LogP contribution < -0.4 is 10.1 Å². The quantitative estimate of drug-likeness (QED) is 0.665. The lowest BCUT2D eigenvalue weighted by atomic mass is 10.00. The Hall–Kier alpha value is -2.43. The maximum Gasteiger partial charge on any atom is 0.334 e. The number of rotatable bonds is 7. The molecule has 152 valence electrons. The first-order valence-electron chi connectivity index (χ1n) is 8.84. The molecule has 1 N–H and O–H groups in total. The Morgan fingerprint density at radius 2 is 1.96 bits per heavy atom.